The summed E-state index contributed by atoms with van der Waals surface area (Å²) in [4.78, 5) is 4.08. The number of aromatic nitrogens is 2. The lowest BCUT2D eigenvalue weighted by Gasteiger charge is -2.11. The van der Waals surface area contributed by atoms with Crippen molar-refractivity contribution < 1.29 is 0 Å². The fourth-order valence-corrected chi connectivity index (χ4v) is 1.50. The van der Waals surface area contributed by atoms with E-state index in [-0.39, 0.29) is 6.04 Å². The molecular formula is C11H13N3. The Morgan fingerprint density at radius 3 is 2.86 bits per heavy atom. The highest BCUT2D eigenvalue weighted by Crippen LogP contribution is 2.15. The van der Waals surface area contributed by atoms with Crippen LogP contribution in [0.2, 0.25) is 0 Å². The van der Waals surface area contributed by atoms with Crippen LogP contribution in [0.1, 0.15) is 18.7 Å². The molecule has 0 spiro atoms. The lowest BCUT2D eigenvalue weighted by atomic mass is 10.2. The molecule has 2 heterocycles. The number of hydrogen-bond acceptors (Lipinski definition) is 2. The van der Waals surface area contributed by atoms with Crippen molar-refractivity contribution in [2.45, 2.75) is 13.0 Å². The van der Waals surface area contributed by atoms with Crippen LogP contribution in [0.5, 0.6) is 0 Å². The fourth-order valence-electron chi connectivity index (χ4n) is 1.50. The normalized spacial score (nSPS) is 12.7. The number of rotatable bonds is 2. The third-order valence-electron chi connectivity index (χ3n) is 2.17. The average molecular weight is 187 g/mol. The van der Waals surface area contributed by atoms with Crippen LogP contribution < -0.4 is 5.73 Å². The zero-order valence-corrected chi connectivity index (χ0v) is 8.09. The molecule has 0 saturated heterocycles. The minimum absolute atomic E-state index is 0.0326. The standard InChI is InChI=1S/C11H13N3/c1-9(12)11-5-3-7-14(11)10-4-2-6-13-8-10/h2-9H,12H2,1H3/t9-/m1/s1. The zero-order valence-electron chi connectivity index (χ0n) is 8.09. The van der Waals surface area contributed by atoms with Gasteiger partial charge in [0, 0.05) is 24.1 Å². The molecule has 3 nitrogen and oxygen atoms in total. The fraction of sp³-hybridized carbons (Fsp3) is 0.182. The Balaban J connectivity index is 2.47. The van der Waals surface area contributed by atoms with Crippen molar-refractivity contribution in [3.8, 4) is 5.69 Å². The summed E-state index contributed by atoms with van der Waals surface area (Å²) in [6.45, 7) is 1.97. The second kappa shape index (κ2) is 3.64. The molecule has 0 amide bonds. The molecule has 0 fully saturated rings. The highest BCUT2D eigenvalue weighted by Gasteiger charge is 2.06. The Morgan fingerprint density at radius 2 is 2.21 bits per heavy atom. The summed E-state index contributed by atoms with van der Waals surface area (Å²) in [5, 5.41) is 0. The first-order valence-corrected chi connectivity index (χ1v) is 4.62. The van der Waals surface area contributed by atoms with Crippen LogP contribution in [0.4, 0.5) is 0 Å². The summed E-state index contributed by atoms with van der Waals surface area (Å²) in [6.07, 6.45) is 5.58. The maximum absolute atomic E-state index is 5.86. The molecule has 0 saturated carbocycles. The molecule has 2 aromatic rings. The Labute approximate surface area is 83.2 Å². The van der Waals surface area contributed by atoms with Gasteiger partial charge in [0.1, 0.15) is 0 Å². The van der Waals surface area contributed by atoms with Crippen molar-refractivity contribution in [2.75, 3.05) is 0 Å². The molecule has 0 bridgehead atoms. The Bertz CT molecular complexity index is 403. The van der Waals surface area contributed by atoms with Gasteiger partial charge in [-0.1, -0.05) is 0 Å². The van der Waals surface area contributed by atoms with Gasteiger partial charge in [-0.3, -0.25) is 4.98 Å². The Hall–Kier alpha value is -1.61. The lowest BCUT2D eigenvalue weighted by Crippen LogP contribution is -2.10. The SMILES string of the molecule is C[C@@H](N)c1cccn1-c1cccnc1. The maximum atomic E-state index is 5.86. The summed E-state index contributed by atoms with van der Waals surface area (Å²) >= 11 is 0. The zero-order chi connectivity index (χ0) is 9.97. The summed E-state index contributed by atoms with van der Waals surface area (Å²) in [6, 6.07) is 7.98. The molecule has 72 valence electrons. The van der Waals surface area contributed by atoms with Gasteiger partial charge in [-0.15, -0.1) is 0 Å². The van der Waals surface area contributed by atoms with Gasteiger partial charge in [0.2, 0.25) is 0 Å². The molecule has 3 heteroatoms. The van der Waals surface area contributed by atoms with Crippen LogP contribution in [0, 0.1) is 0 Å². The van der Waals surface area contributed by atoms with Gasteiger partial charge < -0.3 is 10.3 Å². The van der Waals surface area contributed by atoms with Crippen LogP contribution in [0.3, 0.4) is 0 Å². The molecule has 2 rings (SSSR count). The van der Waals surface area contributed by atoms with Gasteiger partial charge in [-0.2, -0.15) is 0 Å². The summed E-state index contributed by atoms with van der Waals surface area (Å²) in [5.41, 5.74) is 8.00. The molecule has 2 N–H and O–H groups in total. The maximum Gasteiger partial charge on any atom is 0.0636 e. The number of pyridine rings is 1. The quantitative estimate of drug-likeness (QED) is 0.780. The third kappa shape index (κ3) is 1.54. The molecular weight excluding hydrogens is 174 g/mol. The predicted octanol–water partition coefficient (Wildman–Crippen LogP) is 1.89. The molecule has 0 aliphatic heterocycles. The lowest BCUT2D eigenvalue weighted by molar-refractivity contribution is 0.751. The minimum atomic E-state index is 0.0326. The van der Waals surface area contributed by atoms with Crippen LogP contribution >= 0.6 is 0 Å². The largest absolute Gasteiger partial charge is 0.323 e. The van der Waals surface area contributed by atoms with Crippen molar-refractivity contribution in [1.82, 2.24) is 9.55 Å². The summed E-state index contributed by atoms with van der Waals surface area (Å²) in [7, 11) is 0. The highest BCUT2D eigenvalue weighted by atomic mass is 15.0. The van der Waals surface area contributed by atoms with E-state index in [1.165, 1.54) is 0 Å². The summed E-state index contributed by atoms with van der Waals surface area (Å²) in [5.74, 6) is 0. The van der Waals surface area contributed by atoms with Crippen molar-refractivity contribution in [3.05, 3.63) is 48.5 Å². The first-order chi connectivity index (χ1) is 6.79. The first kappa shape index (κ1) is 8.97. The molecule has 2 aromatic heterocycles. The van der Waals surface area contributed by atoms with Crippen LogP contribution in [0.25, 0.3) is 5.69 Å². The van der Waals surface area contributed by atoms with E-state index >= 15 is 0 Å². The van der Waals surface area contributed by atoms with Crippen LogP contribution in [-0.4, -0.2) is 9.55 Å². The summed E-state index contributed by atoms with van der Waals surface area (Å²) < 4.78 is 2.05. The van der Waals surface area contributed by atoms with E-state index in [1.54, 1.807) is 6.20 Å². The van der Waals surface area contributed by atoms with Gasteiger partial charge >= 0.3 is 0 Å². The Kier molecular flexibility index (Phi) is 2.33. The second-order valence-corrected chi connectivity index (χ2v) is 3.30. The average Bonchev–Trinajstić information content (AvgIpc) is 2.67. The van der Waals surface area contributed by atoms with Crippen LogP contribution in [0.15, 0.2) is 42.9 Å². The molecule has 0 aliphatic carbocycles. The predicted molar refractivity (Wildman–Crippen MR) is 56.2 cm³/mol. The molecule has 0 radical (unpaired) electrons. The van der Waals surface area contributed by atoms with Crippen molar-refractivity contribution >= 4 is 0 Å². The number of nitrogens with zero attached hydrogens (tertiary/aromatic N) is 2. The number of nitrogens with two attached hydrogens (primary N) is 1. The monoisotopic (exact) mass is 187 g/mol. The topological polar surface area (TPSA) is 43.8 Å². The molecule has 0 aromatic carbocycles. The van der Waals surface area contributed by atoms with Crippen molar-refractivity contribution in [1.29, 1.82) is 0 Å². The van der Waals surface area contributed by atoms with Gasteiger partial charge in [-0.25, -0.2) is 0 Å². The smallest absolute Gasteiger partial charge is 0.0636 e. The Morgan fingerprint density at radius 1 is 1.36 bits per heavy atom. The van der Waals surface area contributed by atoms with Crippen LogP contribution in [-0.2, 0) is 0 Å². The van der Waals surface area contributed by atoms with Crippen molar-refractivity contribution in [3.63, 3.8) is 0 Å². The highest BCUT2D eigenvalue weighted by molar-refractivity contribution is 5.32. The van der Waals surface area contributed by atoms with Gasteiger partial charge in [0.25, 0.3) is 0 Å². The van der Waals surface area contributed by atoms with Crippen molar-refractivity contribution in [2.24, 2.45) is 5.73 Å². The van der Waals surface area contributed by atoms with E-state index in [0.717, 1.165) is 11.4 Å². The van der Waals surface area contributed by atoms with Gasteiger partial charge in [-0.05, 0) is 31.2 Å². The van der Waals surface area contributed by atoms with E-state index < -0.39 is 0 Å². The molecule has 14 heavy (non-hydrogen) atoms. The van der Waals surface area contributed by atoms with Gasteiger partial charge in [0.15, 0.2) is 0 Å². The first-order valence-electron chi connectivity index (χ1n) is 4.62. The molecule has 0 unspecified atom stereocenters. The molecule has 0 aliphatic rings. The minimum Gasteiger partial charge on any atom is -0.323 e. The number of hydrogen-bond donors (Lipinski definition) is 1. The molecule has 1 atom stereocenters. The van der Waals surface area contributed by atoms with Gasteiger partial charge in [0.05, 0.1) is 11.9 Å². The van der Waals surface area contributed by atoms with E-state index in [1.807, 2.05) is 43.6 Å². The van der Waals surface area contributed by atoms with E-state index in [9.17, 15) is 0 Å². The third-order valence-corrected chi connectivity index (χ3v) is 2.17. The second-order valence-electron chi connectivity index (χ2n) is 3.30. The van der Waals surface area contributed by atoms with E-state index in [2.05, 4.69) is 9.55 Å². The van der Waals surface area contributed by atoms with E-state index in [4.69, 9.17) is 5.73 Å². The van der Waals surface area contributed by atoms with E-state index in [0.29, 0.717) is 0 Å².